The van der Waals surface area contributed by atoms with Gasteiger partial charge in [0.1, 0.15) is 36.6 Å². The average molecular weight is 646 g/mol. The molecular weight excluding hydrogens is 622 g/mol. The number of aliphatic hydroxyl groups excluding tert-OH is 4. The number of nitrogens with zero attached hydrogens (tertiary/aromatic N) is 2. The van der Waals surface area contributed by atoms with Crippen LogP contribution in [0.5, 0.6) is 0 Å². The number of phosphoric ester groups is 2. The molecule has 2 aliphatic heterocycles. The van der Waals surface area contributed by atoms with E-state index in [2.05, 4.69) is 9.05 Å². The summed E-state index contributed by atoms with van der Waals surface area (Å²) in [7, 11) is -11.1. The molecule has 22 nitrogen and oxygen atoms in total. The highest BCUT2D eigenvalue weighted by Crippen LogP contribution is 2.51. The fourth-order valence-corrected chi connectivity index (χ4v) is 5.42. The Kier molecular flexibility index (Phi) is 9.33. The van der Waals surface area contributed by atoms with Crippen LogP contribution in [0, 0.1) is 0 Å². The molecule has 0 aliphatic carbocycles. The van der Waals surface area contributed by atoms with Gasteiger partial charge < -0.3 is 44.6 Å². The molecule has 4 heterocycles. The highest BCUT2D eigenvalue weighted by molar-refractivity contribution is 7.47. The van der Waals surface area contributed by atoms with Crippen molar-refractivity contribution in [3.63, 3.8) is 0 Å². The maximum Gasteiger partial charge on any atom is 0.474 e. The molecule has 234 valence electrons. The number of aromatic amines is 2. The summed E-state index contributed by atoms with van der Waals surface area (Å²) in [5, 5.41) is 41.3. The molecule has 2 saturated heterocycles. The van der Waals surface area contributed by atoms with Gasteiger partial charge in [-0.3, -0.25) is 42.3 Å². The molecule has 0 bridgehead atoms. The van der Waals surface area contributed by atoms with Gasteiger partial charge in [0.15, 0.2) is 12.5 Å². The Morgan fingerprint density at radius 3 is 1.79 bits per heavy atom. The third-order valence-corrected chi connectivity index (χ3v) is 7.44. The maximum absolute atomic E-state index is 12.7. The van der Waals surface area contributed by atoms with Crippen LogP contribution in [0.25, 0.3) is 0 Å². The van der Waals surface area contributed by atoms with Crippen LogP contribution in [0.3, 0.4) is 0 Å². The van der Waals surface area contributed by atoms with Gasteiger partial charge in [0.25, 0.3) is 11.1 Å². The number of aliphatic hydroxyl groups is 4. The normalized spacial score (nSPS) is 32.1. The smallest absolute Gasteiger partial charge is 0.387 e. The van der Waals surface area contributed by atoms with Gasteiger partial charge in [0.2, 0.25) is 6.29 Å². The Bertz CT molecular complexity index is 1610. The van der Waals surface area contributed by atoms with Crippen molar-refractivity contribution >= 4 is 15.6 Å². The van der Waals surface area contributed by atoms with Crippen molar-refractivity contribution in [1.82, 2.24) is 19.1 Å². The fraction of sp³-hybridized carbons (Fsp3) is 0.556. The van der Waals surface area contributed by atoms with E-state index in [4.69, 9.17) is 14.0 Å². The Labute approximate surface area is 230 Å². The van der Waals surface area contributed by atoms with E-state index in [0.29, 0.717) is 9.13 Å². The Morgan fingerprint density at radius 2 is 1.29 bits per heavy atom. The molecule has 2 aliphatic rings. The highest BCUT2D eigenvalue weighted by Gasteiger charge is 2.52. The number of hydrogen-bond donors (Lipinski definition) is 9. The summed E-state index contributed by atoms with van der Waals surface area (Å²) < 4.78 is 49.7. The molecule has 0 amide bonds. The monoisotopic (exact) mass is 646 g/mol. The lowest BCUT2D eigenvalue weighted by Crippen LogP contribution is -2.41. The lowest BCUT2D eigenvalue weighted by molar-refractivity contribution is -0.158. The fourth-order valence-electron chi connectivity index (χ4n) is 4.10. The number of hydrogen-bond acceptors (Lipinski definition) is 15. The first kappa shape index (κ1) is 32.3. The van der Waals surface area contributed by atoms with Gasteiger partial charge in [-0.05, 0) is 0 Å². The lowest BCUT2D eigenvalue weighted by Gasteiger charge is -2.27. The SMILES string of the molecule is O=c1ccn([C@H]2O[C@@H](COP(=O)(O)OC(OP(=O)(O)O)[C@@H]3O[C@H](n4ccc(=O)[nH]c4=O)[C@@H](O)[C@H]3O)[C@H](O)[C@@H]2O)c(=O)[nH]1. The number of phosphoric acid groups is 2. The summed E-state index contributed by atoms with van der Waals surface area (Å²) in [5.41, 5.74) is -3.74. The van der Waals surface area contributed by atoms with Crippen molar-refractivity contribution in [3.8, 4) is 0 Å². The van der Waals surface area contributed by atoms with Crippen molar-refractivity contribution < 1.29 is 67.3 Å². The highest BCUT2D eigenvalue weighted by atomic mass is 31.2. The number of ether oxygens (including phenoxy) is 2. The standard InChI is InChI=1S/C18H24N4O18P2/c23-7-1-3-21(17(29)19-7)14-11(27)9(25)6(37-14)5-36-42(34,35)40-16(39-41(31,32)33)13-10(26)12(28)15(38-13)22-4-2-8(24)20-18(22)30/h1-4,6,9-16,25-28H,5H2,(H,34,35)(H,19,23,29)(H,20,24,30)(H2,31,32,33)/t6-,9-,10+,11-,12-,13+,14-,15-,16?/m0/s1. The first-order valence-corrected chi connectivity index (χ1v) is 14.6. The second-order valence-corrected chi connectivity index (χ2v) is 11.5. The van der Waals surface area contributed by atoms with Crippen LogP contribution in [-0.4, -0.2) is 104 Å². The Hall–Kier alpha value is -2.66. The predicted molar refractivity (Wildman–Crippen MR) is 128 cm³/mol. The van der Waals surface area contributed by atoms with Gasteiger partial charge in [-0.15, -0.1) is 0 Å². The second kappa shape index (κ2) is 12.1. The molecule has 0 radical (unpaired) electrons. The number of H-pyrrole nitrogens is 2. The first-order chi connectivity index (χ1) is 19.5. The molecule has 10 atom stereocenters. The molecule has 0 saturated carbocycles. The van der Waals surface area contributed by atoms with Crippen LogP contribution in [0.4, 0.5) is 0 Å². The number of rotatable bonds is 10. The van der Waals surface area contributed by atoms with E-state index in [9.17, 15) is 63.4 Å². The summed E-state index contributed by atoms with van der Waals surface area (Å²) in [6.07, 6.45) is -15.8. The predicted octanol–water partition coefficient (Wildman–Crippen LogP) is -5.11. The molecule has 2 aromatic heterocycles. The van der Waals surface area contributed by atoms with E-state index in [1.54, 1.807) is 0 Å². The van der Waals surface area contributed by atoms with Gasteiger partial charge in [-0.1, -0.05) is 0 Å². The first-order valence-electron chi connectivity index (χ1n) is 11.5. The molecule has 0 aromatic carbocycles. The van der Waals surface area contributed by atoms with Crippen LogP contribution >= 0.6 is 15.6 Å². The van der Waals surface area contributed by atoms with Crippen LogP contribution < -0.4 is 22.5 Å². The summed E-state index contributed by atoms with van der Waals surface area (Å²) in [6, 6.07) is 1.76. The molecule has 2 fully saturated rings. The van der Waals surface area contributed by atoms with Crippen LogP contribution in [0.1, 0.15) is 12.5 Å². The van der Waals surface area contributed by atoms with E-state index in [1.807, 2.05) is 9.97 Å². The van der Waals surface area contributed by atoms with Crippen LogP contribution in [0.2, 0.25) is 0 Å². The molecule has 42 heavy (non-hydrogen) atoms. The Balaban J connectivity index is 1.49. The number of aromatic nitrogens is 4. The zero-order chi connectivity index (χ0) is 31.1. The van der Waals surface area contributed by atoms with E-state index in [-0.39, 0.29) is 0 Å². The Morgan fingerprint density at radius 1 is 0.786 bits per heavy atom. The van der Waals surface area contributed by atoms with Crippen molar-refractivity contribution in [2.45, 2.75) is 55.4 Å². The molecule has 2 aromatic rings. The topological polar surface area (TPSA) is 332 Å². The maximum atomic E-state index is 12.7. The van der Waals surface area contributed by atoms with E-state index in [1.165, 1.54) is 0 Å². The van der Waals surface area contributed by atoms with Gasteiger partial charge in [-0.25, -0.2) is 18.7 Å². The van der Waals surface area contributed by atoms with Crippen molar-refractivity contribution in [1.29, 1.82) is 0 Å². The zero-order valence-corrected chi connectivity index (χ0v) is 22.4. The second-order valence-electron chi connectivity index (χ2n) is 8.89. The third-order valence-electron chi connectivity index (χ3n) is 6.01. The molecule has 2 unspecified atom stereocenters. The summed E-state index contributed by atoms with van der Waals surface area (Å²) in [4.78, 5) is 79.1. The van der Waals surface area contributed by atoms with Gasteiger partial charge in [-0.2, -0.15) is 0 Å². The van der Waals surface area contributed by atoms with Crippen LogP contribution in [0.15, 0.2) is 43.7 Å². The molecule has 9 N–H and O–H groups in total. The van der Waals surface area contributed by atoms with Crippen molar-refractivity contribution in [3.05, 3.63) is 66.2 Å². The lowest BCUT2D eigenvalue weighted by atomic mass is 10.1. The summed E-state index contributed by atoms with van der Waals surface area (Å²) in [5.74, 6) is 0. The molecule has 0 spiro atoms. The molecule has 4 rings (SSSR count). The minimum absolute atomic E-state index is 0.590. The number of nitrogens with one attached hydrogen (secondary N) is 2. The quantitative estimate of drug-likeness (QED) is 0.0860. The van der Waals surface area contributed by atoms with E-state index in [0.717, 1.165) is 24.5 Å². The third kappa shape index (κ3) is 7.10. The van der Waals surface area contributed by atoms with Crippen molar-refractivity contribution in [2.24, 2.45) is 0 Å². The van der Waals surface area contributed by atoms with E-state index < -0.39 is 100 Å². The van der Waals surface area contributed by atoms with Gasteiger partial charge in [0.05, 0.1) is 6.61 Å². The average Bonchev–Trinajstić information content (AvgIpc) is 3.32. The largest absolute Gasteiger partial charge is 0.474 e. The summed E-state index contributed by atoms with van der Waals surface area (Å²) >= 11 is 0. The van der Waals surface area contributed by atoms with Crippen molar-refractivity contribution in [2.75, 3.05) is 6.61 Å². The minimum Gasteiger partial charge on any atom is -0.387 e. The van der Waals surface area contributed by atoms with Gasteiger partial charge in [0, 0.05) is 24.5 Å². The molecule has 24 heteroatoms. The zero-order valence-electron chi connectivity index (χ0n) is 20.6. The minimum atomic E-state index is -5.58. The van der Waals surface area contributed by atoms with Gasteiger partial charge >= 0.3 is 27.0 Å². The van der Waals surface area contributed by atoms with Crippen LogP contribution in [-0.2, 0) is 32.2 Å². The summed E-state index contributed by atoms with van der Waals surface area (Å²) in [6.45, 7) is -1.05. The van der Waals surface area contributed by atoms with E-state index >= 15 is 0 Å². The molecular formula is C18H24N4O18P2.